The number of hydrogen-bond donors (Lipinski definition) is 1. The molecule has 17 heavy (non-hydrogen) atoms. The van der Waals surface area contributed by atoms with Gasteiger partial charge in [0.1, 0.15) is 5.76 Å². The second-order valence-corrected chi connectivity index (χ2v) is 5.24. The fourth-order valence-electron chi connectivity index (χ4n) is 2.15. The fraction of sp³-hybridized carbons (Fsp3) is 0.429. The molecule has 1 aromatic rings. The molecule has 1 N–H and O–H groups in total. The number of allylic oxidation sites excluding steroid dienone is 1. The Balaban J connectivity index is 2.34. The van der Waals surface area contributed by atoms with E-state index in [9.17, 15) is 0 Å². The molecule has 1 aliphatic heterocycles. The van der Waals surface area contributed by atoms with Gasteiger partial charge in [0.05, 0.1) is 12.6 Å². The molecule has 1 heterocycles. The average Bonchev–Trinajstić information content (AvgIpc) is 2.36. The maximum atomic E-state index is 5.76. The number of nitrogens with one attached hydrogen (secondary N) is 1. The molecule has 2 rings (SSSR count). The van der Waals surface area contributed by atoms with E-state index in [1.807, 2.05) is 7.05 Å². The summed E-state index contributed by atoms with van der Waals surface area (Å²) >= 11 is 3.53. The number of benzene rings is 1. The lowest BCUT2D eigenvalue weighted by Gasteiger charge is -2.25. The zero-order chi connectivity index (χ0) is 12.3. The van der Waals surface area contributed by atoms with Crippen molar-refractivity contribution in [2.24, 2.45) is 0 Å². The first-order chi connectivity index (χ1) is 8.22. The van der Waals surface area contributed by atoms with E-state index in [4.69, 9.17) is 4.74 Å². The van der Waals surface area contributed by atoms with Crippen molar-refractivity contribution < 1.29 is 4.74 Å². The van der Waals surface area contributed by atoms with Crippen molar-refractivity contribution in [3.63, 3.8) is 0 Å². The van der Waals surface area contributed by atoms with E-state index < -0.39 is 0 Å². The standard InChI is InChI=1S/C14H18BrNO/c1-10-6-7-11(15)9-12(10)14(16-2)13-5-3-4-8-17-13/h5-7,9,14,16H,3-4,8H2,1-2H3. The molecule has 92 valence electrons. The van der Waals surface area contributed by atoms with Gasteiger partial charge in [0, 0.05) is 4.47 Å². The van der Waals surface area contributed by atoms with Crippen LogP contribution in [-0.2, 0) is 4.74 Å². The number of aryl methyl sites for hydroxylation is 1. The minimum Gasteiger partial charge on any atom is -0.496 e. The first-order valence-electron chi connectivity index (χ1n) is 5.98. The highest BCUT2D eigenvalue weighted by Gasteiger charge is 2.19. The monoisotopic (exact) mass is 295 g/mol. The van der Waals surface area contributed by atoms with Gasteiger partial charge in [0.15, 0.2) is 0 Å². The predicted octanol–water partition coefficient (Wildman–Crippen LogP) is 3.71. The van der Waals surface area contributed by atoms with Crippen molar-refractivity contribution in [2.45, 2.75) is 25.8 Å². The van der Waals surface area contributed by atoms with Crippen molar-refractivity contribution in [3.05, 3.63) is 45.6 Å². The summed E-state index contributed by atoms with van der Waals surface area (Å²) in [5.74, 6) is 1.06. The van der Waals surface area contributed by atoms with Gasteiger partial charge in [0.2, 0.25) is 0 Å². The molecule has 0 aliphatic carbocycles. The lowest BCUT2D eigenvalue weighted by molar-refractivity contribution is 0.169. The summed E-state index contributed by atoms with van der Waals surface area (Å²) in [4.78, 5) is 0. The zero-order valence-electron chi connectivity index (χ0n) is 10.3. The molecular formula is C14H18BrNO. The largest absolute Gasteiger partial charge is 0.496 e. The van der Waals surface area contributed by atoms with Crippen LogP contribution in [0.4, 0.5) is 0 Å². The lowest BCUT2D eigenvalue weighted by Crippen LogP contribution is -2.22. The first kappa shape index (κ1) is 12.7. The highest BCUT2D eigenvalue weighted by molar-refractivity contribution is 9.10. The van der Waals surface area contributed by atoms with E-state index in [-0.39, 0.29) is 6.04 Å². The van der Waals surface area contributed by atoms with Crippen molar-refractivity contribution in [2.75, 3.05) is 13.7 Å². The summed E-state index contributed by atoms with van der Waals surface area (Å²) in [6, 6.07) is 6.53. The van der Waals surface area contributed by atoms with Crippen LogP contribution in [0.3, 0.4) is 0 Å². The van der Waals surface area contributed by atoms with Crippen LogP contribution in [0.15, 0.2) is 34.5 Å². The van der Waals surface area contributed by atoms with E-state index in [0.29, 0.717) is 0 Å². The van der Waals surface area contributed by atoms with Crippen LogP contribution in [0.1, 0.15) is 30.0 Å². The summed E-state index contributed by atoms with van der Waals surface area (Å²) in [6.07, 6.45) is 4.43. The average molecular weight is 296 g/mol. The van der Waals surface area contributed by atoms with Crippen LogP contribution in [0, 0.1) is 6.92 Å². The van der Waals surface area contributed by atoms with Crippen LogP contribution in [0.25, 0.3) is 0 Å². The lowest BCUT2D eigenvalue weighted by atomic mass is 9.98. The maximum absolute atomic E-state index is 5.76. The summed E-state index contributed by atoms with van der Waals surface area (Å²) in [5, 5.41) is 3.34. The molecule has 2 nitrogen and oxygen atoms in total. The van der Waals surface area contributed by atoms with Gasteiger partial charge in [-0.25, -0.2) is 0 Å². The van der Waals surface area contributed by atoms with E-state index >= 15 is 0 Å². The SMILES string of the molecule is CNC(C1=CCCCO1)c1cc(Br)ccc1C. The number of hydrogen-bond acceptors (Lipinski definition) is 2. The first-order valence-corrected chi connectivity index (χ1v) is 6.78. The molecule has 0 radical (unpaired) electrons. The maximum Gasteiger partial charge on any atom is 0.113 e. The van der Waals surface area contributed by atoms with Crippen LogP contribution in [-0.4, -0.2) is 13.7 Å². The zero-order valence-corrected chi connectivity index (χ0v) is 11.9. The second-order valence-electron chi connectivity index (χ2n) is 4.32. The smallest absolute Gasteiger partial charge is 0.113 e. The number of halogens is 1. The van der Waals surface area contributed by atoms with Gasteiger partial charge < -0.3 is 10.1 Å². The predicted molar refractivity (Wildman–Crippen MR) is 73.9 cm³/mol. The number of rotatable bonds is 3. The minimum absolute atomic E-state index is 0.160. The van der Waals surface area contributed by atoms with Gasteiger partial charge in [-0.05, 0) is 56.1 Å². The van der Waals surface area contributed by atoms with Gasteiger partial charge >= 0.3 is 0 Å². The molecule has 0 fully saturated rings. The van der Waals surface area contributed by atoms with Crippen LogP contribution in [0.2, 0.25) is 0 Å². The second kappa shape index (κ2) is 5.69. The summed E-state index contributed by atoms with van der Waals surface area (Å²) in [5.41, 5.74) is 2.55. The van der Waals surface area contributed by atoms with Gasteiger partial charge in [-0.3, -0.25) is 0 Å². The molecular weight excluding hydrogens is 278 g/mol. The van der Waals surface area contributed by atoms with E-state index in [1.54, 1.807) is 0 Å². The van der Waals surface area contributed by atoms with Crippen molar-refractivity contribution in [3.8, 4) is 0 Å². The molecule has 0 aromatic heterocycles. The highest BCUT2D eigenvalue weighted by Crippen LogP contribution is 2.29. The third-order valence-electron chi connectivity index (χ3n) is 3.09. The van der Waals surface area contributed by atoms with Crippen molar-refractivity contribution in [1.82, 2.24) is 5.32 Å². The Hall–Kier alpha value is -0.800. The fourth-order valence-corrected chi connectivity index (χ4v) is 2.53. The van der Waals surface area contributed by atoms with E-state index in [0.717, 1.165) is 29.7 Å². The molecule has 1 atom stereocenters. The molecule has 0 bridgehead atoms. The number of ether oxygens (including phenoxy) is 1. The Bertz CT molecular complexity index is 428. The number of likely N-dealkylation sites (N-methyl/N-ethyl adjacent to an activating group) is 1. The summed E-state index contributed by atoms with van der Waals surface area (Å²) in [6.45, 7) is 2.96. The topological polar surface area (TPSA) is 21.3 Å². The summed E-state index contributed by atoms with van der Waals surface area (Å²) < 4.78 is 6.87. The Morgan fingerprint density at radius 2 is 2.24 bits per heavy atom. The van der Waals surface area contributed by atoms with Gasteiger partial charge in [-0.15, -0.1) is 0 Å². The van der Waals surface area contributed by atoms with Gasteiger partial charge in [-0.2, -0.15) is 0 Å². The molecule has 1 aliphatic rings. The molecule has 1 aromatic carbocycles. The van der Waals surface area contributed by atoms with Gasteiger partial charge in [0.25, 0.3) is 0 Å². The normalized spacial score (nSPS) is 17.2. The Morgan fingerprint density at radius 1 is 1.41 bits per heavy atom. The van der Waals surface area contributed by atoms with Crippen LogP contribution >= 0.6 is 15.9 Å². The third kappa shape index (κ3) is 2.90. The molecule has 1 unspecified atom stereocenters. The third-order valence-corrected chi connectivity index (χ3v) is 3.58. The van der Waals surface area contributed by atoms with E-state index in [1.165, 1.54) is 11.1 Å². The molecule has 0 saturated heterocycles. The molecule has 0 spiro atoms. The molecule has 0 amide bonds. The molecule has 3 heteroatoms. The Morgan fingerprint density at radius 3 is 2.88 bits per heavy atom. The van der Waals surface area contributed by atoms with Crippen LogP contribution < -0.4 is 5.32 Å². The van der Waals surface area contributed by atoms with Gasteiger partial charge in [-0.1, -0.05) is 22.0 Å². The Kier molecular flexibility index (Phi) is 4.24. The van der Waals surface area contributed by atoms with Crippen molar-refractivity contribution >= 4 is 15.9 Å². The Labute approximate surface area is 111 Å². The minimum atomic E-state index is 0.160. The summed E-state index contributed by atoms with van der Waals surface area (Å²) in [7, 11) is 1.98. The van der Waals surface area contributed by atoms with Crippen LogP contribution in [0.5, 0.6) is 0 Å². The quantitative estimate of drug-likeness (QED) is 0.918. The molecule has 0 saturated carbocycles. The van der Waals surface area contributed by atoms with Crippen molar-refractivity contribution in [1.29, 1.82) is 0 Å². The highest BCUT2D eigenvalue weighted by atomic mass is 79.9. The van der Waals surface area contributed by atoms with E-state index in [2.05, 4.69) is 52.4 Å².